The van der Waals surface area contributed by atoms with Crippen molar-refractivity contribution in [3.05, 3.63) is 35.4 Å². The van der Waals surface area contributed by atoms with E-state index >= 15 is 0 Å². The maximum absolute atomic E-state index is 12.4. The van der Waals surface area contributed by atoms with Crippen molar-refractivity contribution in [1.82, 2.24) is 4.90 Å². The summed E-state index contributed by atoms with van der Waals surface area (Å²) in [6.07, 6.45) is 2.70. The molecule has 1 saturated heterocycles. The highest BCUT2D eigenvalue weighted by molar-refractivity contribution is 5.89. The lowest BCUT2D eigenvalue weighted by Gasteiger charge is -2.39. The van der Waals surface area contributed by atoms with Crippen LogP contribution in [0.4, 0.5) is 0 Å². The first-order chi connectivity index (χ1) is 10.9. The van der Waals surface area contributed by atoms with Gasteiger partial charge in [-0.3, -0.25) is 4.79 Å². The van der Waals surface area contributed by atoms with Crippen molar-refractivity contribution >= 4 is 11.9 Å². The number of hydrogen-bond donors (Lipinski definition) is 1. The number of piperidine rings is 1. The van der Waals surface area contributed by atoms with Gasteiger partial charge in [0.25, 0.3) is 0 Å². The maximum Gasteiger partial charge on any atom is 0.335 e. The molecule has 5 nitrogen and oxygen atoms in total. The number of aromatic carboxylic acids is 1. The average molecular weight is 319 g/mol. The highest BCUT2D eigenvalue weighted by Crippen LogP contribution is 2.31. The summed E-state index contributed by atoms with van der Waals surface area (Å²) in [4.78, 5) is 25.5. The third-order valence-corrected chi connectivity index (χ3v) is 4.67. The fourth-order valence-corrected chi connectivity index (χ4v) is 3.14. The van der Waals surface area contributed by atoms with Gasteiger partial charge in [-0.1, -0.05) is 25.1 Å². The number of aryl methyl sites for hydroxylation is 1. The van der Waals surface area contributed by atoms with Gasteiger partial charge in [-0.2, -0.15) is 0 Å². The van der Waals surface area contributed by atoms with Crippen LogP contribution in [0.5, 0.6) is 0 Å². The largest absolute Gasteiger partial charge is 0.478 e. The van der Waals surface area contributed by atoms with Crippen LogP contribution in [0.15, 0.2) is 24.3 Å². The Morgan fingerprint density at radius 2 is 1.91 bits per heavy atom. The summed E-state index contributed by atoms with van der Waals surface area (Å²) >= 11 is 0. The molecule has 0 aromatic heterocycles. The van der Waals surface area contributed by atoms with Crippen LogP contribution in [-0.2, 0) is 16.0 Å². The molecule has 1 aromatic carbocycles. The minimum atomic E-state index is -0.943. The number of carbonyl (C=O) groups is 2. The summed E-state index contributed by atoms with van der Waals surface area (Å²) < 4.78 is 5.26. The predicted molar refractivity (Wildman–Crippen MR) is 87.5 cm³/mol. The van der Waals surface area contributed by atoms with Gasteiger partial charge in [0.1, 0.15) is 0 Å². The first kappa shape index (κ1) is 17.5. The molecular weight excluding hydrogens is 294 g/mol. The molecule has 1 N–H and O–H groups in total. The van der Waals surface area contributed by atoms with E-state index in [1.54, 1.807) is 25.3 Å². The van der Waals surface area contributed by atoms with E-state index in [2.05, 4.69) is 6.92 Å². The molecule has 1 heterocycles. The molecule has 2 rings (SSSR count). The maximum atomic E-state index is 12.4. The molecule has 23 heavy (non-hydrogen) atoms. The van der Waals surface area contributed by atoms with Crippen LogP contribution in [0.3, 0.4) is 0 Å². The monoisotopic (exact) mass is 319 g/mol. The Hall–Kier alpha value is -1.88. The molecule has 0 aliphatic carbocycles. The molecule has 126 valence electrons. The number of ether oxygens (including phenoxy) is 1. The molecule has 0 unspecified atom stereocenters. The van der Waals surface area contributed by atoms with Crippen molar-refractivity contribution in [2.24, 2.45) is 5.41 Å². The fourth-order valence-electron chi connectivity index (χ4n) is 3.14. The third-order valence-electron chi connectivity index (χ3n) is 4.67. The van der Waals surface area contributed by atoms with E-state index in [1.165, 1.54) is 0 Å². The number of methoxy groups -OCH3 is 1. The molecule has 0 saturated carbocycles. The number of rotatable bonds is 6. The van der Waals surface area contributed by atoms with E-state index in [9.17, 15) is 14.7 Å². The molecule has 1 aliphatic heterocycles. The van der Waals surface area contributed by atoms with E-state index < -0.39 is 5.97 Å². The van der Waals surface area contributed by atoms with Crippen LogP contribution in [-0.4, -0.2) is 48.7 Å². The van der Waals surface area contributed by atoms with E-state index in [0.29, 0.717) is 12.8 Å². The molecule has 5 heteroatoms. The second kappa shape index (κ2) is 7.59. The zero-order valence-corrected chi connectivity index (χ0v) is 13.9. The third kappa shape index (κ3) is 4.55. The van der Waals surface area contributed by atoms with Gasteiger partial charge in [-0.25, -0.2) is 4.79 Å². The van der Waals surface area contributed by atoms with Crippen LogP contribution in [0.1, 0.15) is 42.1 Å². The number of nitrogens with zero attached hydrogens (tertiary/aromatic N) is 1. The fraction of sp³-hybridized carbons (Fsp3) is 0.556. The highest BCUT2D eigenvalue weighted by atomic mass is 16.5. The lowest BCUT2D eigenvalue weighted by Crippen LogP contribution is -2.43. The van der Waals surface area contributed by atoms with Crippen LogP contribution < -0.4 is 0 Å². The topological polar surface area (TPSA) is 66.8 Å². The standard InChI is InChI=1S/C18H25NO4/c1-18(13-23-2)9-11-19(12-10-18)16(20)8-7-14-5-3-4-6-15(14)17(21)22/h3-6H,7-13H2,1-2H3,(H,21,22). The molecule has 0 atom stereocenters. The van der Waals surface area contributed by atoms with Crippen molar-refractivity contribution in [3.8, 4) is 0 Å². The predicted octanol–water partition coefficient (Wildman–Crippen LogP) is 2.59. The second-order valence-electron chi connectivity index (χ2n) is 6.59. The second-order valence-corrected chi connectivity index (χ2v) is 6.59. The normalized spacial score (nSPS) is 17.0. The van der Waals surface area contributed by atoms with Crippen LogP contribution in [0.25, 0.3) is 0 Å². The molecule has 1 fully saturated rings. The molecule has 1 aliphatic rings. The Balaban J connectivity index is 1.88. The van der Waals surface area contributed by atoms with Gasteiger partial charge < -0.3 is 14.7 Å². The molecule has 1 amide bonds. The van der Waals surface area contributed by atoms with Crippen molar-refractivity contribution in [1.29, 1.82) is 0 Å². The summed E-state index contributed by atoms with van der Waals surface area (Å²) in [5, 5.41) is 9.18. The molecular formula is C18H25NO4. The lowest BCUT2D eigenvalue weighted by molar-refractivity contribution is -0.133. The number of amides is 1. The summed E-state index contributed by atoms with van der Waals surface area (Å²) in [5.41, 5.74) is 1.16. The number of likely N-dealkylation sites (tertiary alicyclic amines) is 1. The summed E-state index contributed by atoms with van der Waals surface area (Å²) in [7, 11) is 1.71. The van der Waals surface area contributed by atoms with Gasteiger partial charge in [-0.05, 0) is 36.3 Å². The zero-order valence-electron chi connectivity index (χ0n) is 13.9. The first-order valence-corrected chi connectivity index (χ1v) is 8.03. The highest BCUT2D eigenvalue weighted by Gasteiger charge is 2.31. The SMILES string of the molecule is COCC1(C)CCN(C(=O)CCc2ccccc2C(=O)O)CC1. The average Bonchev–Trinajstić information content (AvgIpc) is 2.53. The van der Waals surface area contributed by atoms with Gasteiger partial charge >= 0.3 is 5.97 Å². The van der Waals surface area contributed by atoms with E-state index in [4.69, 9.17) is 4.74 Å². The van der Waals surface area contributed by atoms with Crippen molar-refractivity contribution in [3.63, 3.8) is 0 Å². The number of hydrogen-bond acceptors (Lipinski definition) is 3. The van der Waals surface area contributed by atoms with E-state index in [1.807, 2.05) is 11.0 Å². The Morgan fingerprint density at radius 3 is 2.52 bits per heavy atom. The summed E-state index contributed by atoms with van der Waals surface area (Å²) in [6, 6.07) is 6.88. The van der Waals surface area contributed by atoms with Crippen LogP contribution >= 0.6 is 0 Å². The number of benzene rings is 1. The van der Waals surface area contributed by atoms with Gasteiger partial charge in [0.15, 0.2) is 0 Å². The van der Waals surface area contributed by atoms with Crippen molar-refractivity contribution in [2.75, 3.05) is 26.8 Å². The zero-order chi connectivity index (χ0) is 16.9. The van der Waals surface area contributed by atoms with Gasteiger partial charge in [0.2, 0.25) is 5.91 Å². The summed E-state index contributed by atoms with van der Waals surface area (Å²) in [6.45, 7) is 4.42. The Labute approximate surface area is 137 Å². The summed E-state index contributed by atoms with van der Waals surface area (Å²) in [5.74, 6) is -0.842. The van der Waals surface area contributed by atoms with Gasteiger partial charge in [0, 0.05) is 26.6 Å². The Morgan fingerprint density at radius 1 is 1.26 bits per heavy atom. The molecule has 0 radical (unpaired) electrons. The van der Waals surface area contributed by atoms with E-state index in [-0.39, 0.29) is 16.9 Å². The minimum Gasteiger partial charge on any atom is -0.478 e. The van der Waals surface area contributed by atoms with Crippen molar-refractivity contribution < 1.29 is 19.4 Å². The van der Waals surface area contributed by atoms with Gasteiger partial charge in [-0.15, -0.1) is 0 Å². The van der Waals surface area contributed by atoms with Crippen molar-refractivity contribution in [2.45, 2.75) is 32.6 Å². The lowest BCUT2D eigenvalue weighted by atomic mass is 9.81. The number of carbonyl (C=O) groups excluding carboxylic acids is 1. The molecule has 0 spiro atoms. The van der Waals surface area contributed by atoms with Gasteiger partial charge in [0.05, 0.1) is 12.2 Å². The Bertz CT molecular complexity index is 562. The minimum absolute atomic E-state index is 0.102. The van der Waals surface area contributed by atoms with E-state index in [0.717, 1.165) is 38.1 Å². The van der Waals surface area contributed by atoms with Crippen LogP contribution in [0.2, 0.25) is 0 Å². The quantitative estimate of drug-likeness (QED) is 0.875. The number of carboxylic acids is 1. The number of carboxylic acid groups (broad SMARTS) is 1. The first-order valence-electron chi connectivity index (χ1n) is 8.03. The Kier molecular flexibility index (Phi) is 5.77. The smallest absolute Gasteiger partial charge is 0.335 e. The van der Waals surface area contributed by atoms with Crippen LogP contribution in [0, 0.1) is 5.41 Å². The molecule has 0 bridgehead atoms. The molecule has 1 aromatic rings.